The first-order valence-corrected chi connectivity index (χ1v) is 12.9. The van der Waals surface area contributed by atoms with E-state index in [0.717, 1.165) is 22.4 Å². The Labute approximate surface area is 216 Å². The molecule has 36 heavy (non-hydrogen) atoms. The smallest absolute Gasteiger partial charge is 0.125 e. The molecule has 0 saturated heterocycles. The molecule has 0 fully saturated rings. The molecule has 0 unspecified atom stereocenters. The van der Waals surface area contributed by atoms with Crippen LogP contribution in [0.3, 0.4) is 0 Å². The normalized spacial score (nSPS) is 12.9. The lowest BCUT2D eigenvalue weighted by atomic mass is 9.73. The molecule has 4 rings (SSSR count). The van der Waals surface area contributed by atoms with Gasteiger partial charge in [0.05, 0.1) is 0 Å². The van der Waals surface area contributed by atoms with E-state index in [1.807, 2.05) is 85.1 Å². The quantitative estimate of drug-likeness (QED) is 0.254. The number of hydrogen-bond donors (Lipinski definition) is 2. The summed E-state index contributed by atoms with van der Waals surface area (Å²) < 4.78 is 0. The maximum Gasteiger partial charge on any atom is 0.125 e. The minimum atomic E-state index is -1.25. The van der Waals surface area contributed by atoms with E-state index in [1.54, 1.807) is 0 Å². The topological polar surface area (TPSA) is 32.3 Å². The third-order valence-corrected chi connectivity index (χ3v) is 6.93. The molecule has 0 amide bonds. The molecule has 0 spiro atoms. The summed E-state index contributed by atoms with van der Waals surface area (Å²) in [5.41, 5.74) is 5.27. The van der Waals surface area contributed by atoms with Crippen LogP contribution in [-0.4, -0.2) is 5.11 Å². The summed E-state index contributed by atoms with van der Waals surface area (Å²) >= 11 is 0. The molecule has 0 aliphatic rings. The van der Waals surface area contributed by atoms with Crippen molar-refractivity contribution in [2.24, 2.45) is 0 Å². The van der Waals surface area contributed by atoms with Crippen molar-refractivity contribution in [3.05, 3.63) is 149 Å². The highest BCUT2D eigenvalue weighted by Crippen LogP contribution is 2.43. The number of para-hydroxylation sites is 1. The lowest BCUT2D eigenvalue weighted by Gasteiger charge is -2.36. The van der Waals surface area contributed by atoms with E-state index in [4.69, 9.17) is 0 Å². The monoisotopic (exact) mass is 475 g/mol. The number of rotatable bonds is 9. The number of nitrogens with one attached hydrogen (secondary N) is 1. The number of benzene rings is 4. The molecule has 2 nitrogen and oxygen atoms in total. The van der Waals surface area contributed by atoms with Crippen molar-refractivity contribution in [3.8, 4) is 0 Å². The van der Waals surface area contributed by atoms with Crippen LogP contribution in [0.2, 0.25) is 0 Å². The Bertz CT molecular complexity index is 1190. The zero-order chi connectivity index (χ0) is 25.5. The average Bonchev–Trinajstić information content (AvgIpc) is 2.92. The van der Waals surface area contributed by atoms with E-state index in [2.05, 4.69) is 69.4 Å². The molecule has 0 bridgehead atoms. The zero-order valence-corrected chi connectivity index (χ0v) is 21.7. The molecule has 0 aliphatic carbocycles. The largest absolute Gasteiger partial charge is 0.379 e. The van der Waals surface area contributed by atoms with Crippen molar-refractivity contribution in [2.45, 2.75) is 51.0 Å². The summed E-state index contributed by atoms with van der Waals surface area (Å²) in [5, 5.41) is 16.2. The van der Waals surface area contributed by atoms with Gasteiger partial charge in [-0.1, -0.05) is 143 Å². The van der Waals surface area contributed by atoms with Crippen molar-refractivity contribution < 1.29 is 5.11 Å². The second kappa shape index (κ2) is 11.4. The summed E-state index contributed by atoms with van der Waals surface area (Å²) in [6, 6.07) is 36.8. The van der Waals surface area contributed by atoms with Gasteiger partial charge in [-0.15, -0.1) is 0 Å². The minimum Gasteiger partial charge on any atom is -0.379 e. The molecule has 2 N–H and O–H groups in total. The molecule has 4 aromatic rings. The van der Waals surface area contributed by atoms with Crippen molar-refractivity contribution in [2.75, 3.05) is 5.32 Å². The molecular weight excluding hydrogens is 438 g/mol. The summed E-state index contributed by atoms with van der Waals surface area (Å²) in [6.07, 6.45) is 4.12. The van der Waals surface area contributed by atoms with Gasteiger partial charge >= 0.3 is 0 Å². The van der Waals surface area contributed by atoms with Gasteiger partial charge in [-0.05, 0) is 45.9 Å². The zero-order valence-electron chi connectivity index (χ0n) is 21.7. The fraction of sp³-hybridized carbons (Fsp3) is 0.235. The van der Waals surface area contributed by atoms with E-state index < -0.39 is 5.60 Å². The van der Waals surface area contributed by atoms with E-state index in [9.17, 15) is 5.11 Å². The third-order valence-electron chi connectivity index (χ3n) is 6.93. The molecule has 0 aromatic heterocycles. The van der Waals surface area contributed by atoms with E-state index in [1.165, 1.54) is 11.1 Å². The molecule has 0 radical (unpaired) electrons. The summed E-state index contributed by atoms with van der Waals surface area (Å²) in [7, 11) is 0. The highest BCUT2D eigenvalue weighted by Gasteiger charge is 2.39. The van der Waals surface area contributed by atoms with Gasteiger partial charge in [0, 0.05) is 11.6 Å². The predicted molar refractivity (Wildman–Crippen MR) is 152 cm³/mol. The number of anilines is 1. The Balaban J connectivity index is 1.83. The van der Waals surface area contributed by atoms with Gasteiger partial charge in [0.15, 0.2) is 0 Å². The van der Waals surface area contributed by atoms with Crippen LogP contribution in [0.5, 0.6) is 0 Å². The highest BCUT2D eigenvalue weighted by atomic mass is 16.3. The first-order valence-electron chi connectivity index (χ1n) is 12.9. The number of aliphatic hydroxyl groups is 1. The maximum atomic E-state index is 12.6. The van der Waals surface area contributed by atoms with Crippen molar-refractivity contribution in [1.29, 1.82) is 0 Å². The standard InChI is InChI=1S/C34H37NO/c1-25(2)30-21-14-22-31(26(3)4)33(30)35-24-23-32(27-15-8-5-9-16-27)34(36,28-17-10-6-11-18-28)29-19-12-7-13-20-29/h5-26,32,35-36H,1-4H3/b24-23-/t32-/m0/s1. The first kappa shape index (κ1) is 25.5. The summed E-state index contributed by atoms with van der Waals surface area (Å²) in [6.45, 7) is 8.91. The van der Waals surface area contributed by atoms with E-state index in [-0.39, 0.29) is 5.92 Å². The lowest BCUT2D eigenvalue weighted by molar-refractivity contribution is 0.0649. The van der Waals surface area contributed by atoms with Gasteiger partial charge in [-0.3, -0.25) is 0 Å². The van der Waals surface area contributed by atoms with Gasteiger partial charge in [0.1, 0.15) is 5.60 Å². The van der Waals surface area contributed by atoms with E-state index in [0.29, 0.717) is 11.8 Å². The molecule has 1 atom stereocenters. The summed E-state index contributed by atoms with van der Waals surface area (Å²) in [4.78, 5) is 0. The first-order chi connectivity index (χ1) is 17.4. The maximum absolute atomic E-state index is 12.6. The Morgan fingerprint density at radius 2 is 1.06 bits per heavy atom. The lowest BCUT2D eigenvalue weighted by Crippen LogP contribution is -2.34. The van der Waals surface area contributed by atoms with Crippen LogP contribution in [0.4, 0.5) is 5.69 Å². The average molecular weight is 476 g/mol. The van der Waals surface area contributed by atoms with Gasteiger partial charge in [0.25, 0.3) is 0 Å². The molecule has 2 heteroatoms. The van der Waals surface area contributed by atoms with Crippen LogP contribution in [0.1, 0.15) is 73.3 Å². The second-order valence-electron chi connectivity index (χ2n) is 10.0. The second-order valence-corrected chi connectivity index (χ2v) is 10.0. The predicted octanol–water partition coefficient (Wildman–Crippen LogP) is 8.58. The van der Waals surface area contributed by atoms with Crippen LogP contribution in [0, 0.1) is 0 Å². The SMILES string of the molecule is CC(C)c1cccc(C(C)C)c1N/C=C\[C@@H](c1ccccc1)C(O)(c1ccccc1)c1ccccc1. The van der Waals surface area contributed by atoms with Crippen LogP contribution in [0.15, 0.2) is 121 Å². The third kappa shape index (κ3) is 5.29. The van der Waals surface area contributed by atoms with Gasteiger partial charge in [-0.2, -0.15) is 0 Å². The van der Waals surface area contributed by atoms with Gasteiger partial charge in [0.2, 0.25) is 0 Å². The minimum absolute atomic E-state index is 0.315. The van der Waals surface area contributed by atoms with Crippen molar-refractivity contribution in [1.82, 2.24) is 0 Å². The summed E-state index contributed by atoms with van der Waals surface area (Å²) in [5.74, 6) is 0.481. The van der Waals surface area contributed by atoms with Crippen molar-refractivity contribution in [3.63, 3.8) is 0 Å². The van der Waals surface area contributed by atoms with E-state index >= 15 is 0 Å². The van der Waals surface area contributed by atoms with Gasteiger partial charge in [-0.25, -0.2) is 0 Å². The van der Waals surface area contributed by atoms with Gasteiger partial charge < -0.3 is 10.4 Å². The molecule has 184 valence electrons. The molecular formula is C34H37NO. The van der Waals surface area contributed by atoms with Crippen LogP contribution < -0.4 is 5.32 Å². The Kier molecular flexibility index (Phi) is 8.07. The van der Waals surface area contributed by atoms with Crippen LogP contribution in [0.25, 0.3) is 0 Å². The molecule has 0 saturated carbocycles. The highest BCUT2D eigenvalue weighted by molar-refractivity contribution is 5.61. The Morgan fingerprint density at radius 3 is 1.50 bits per heavy atom. The molecule has 0 heterocycles. The Morgan fingerprint density at radius 1 is 0.611 bits per heavy atom. The molecule has 0 aliphatic heterocycles. The van der Waals surface area contributed by atoms with Crippen LogP contribution in [-0.2, 0) is 5.60 Å². The fourth-order valence-electron chi connectivity index (χ4n) is 5.01. The van der Waals surface area contributed by atoms with Crippen LogP contribution >= 0.6 is 0 Å². The molecule has 4 aromatic carbocycles. The Hall–Kier alpha value is -3.62. The number of hydrogen-bond acceptors (Lipinski definition) is 2. The van der Waals surface area contributed by atoms with Crippen molar-refractivity contribution >= 4 is 5.69 Å². The fourth-order valence-corrected chi connectivity index (χ4v) is 5.01.